The Hall–Kier alpha value is -3.39. The second kappa shape index (κ2) is 11.0. The number of halogens is 1. The van der Waals surface area contributed by atoms with E-state index in [4.69, 9.17) is 9.47 Å². The lowest BCUT2D eigenvalue weighted by Gasteiger charge is -2.42. The molecule has 0 saturated heterocycles. The van der Waals surface area contributed by atoms with Crippen LogP contribution in [0.15, 0.2) is 57.3 Å². The molecule has 0 fully saturated rings. The molecule has 1 N–H and O–H groups in total. The number of nitrogens with zero attached hydrogens (tertiary/aromatic N) is 1. The summed E-state index contributed by atoms with van der Waals surface area (Å²) in [4.78, 5) is 41.3. The molecule has 0 atom stereocenters. The summed E-state index contributed by atoms with van der Waals surface area (Å²) in [6.45, 7) is 3.74. The summed E-state index contributed by atoms with van der Waals surface area (Å²) in [5.41, 5.74) is 7.09. The number of nitrogens with one attached hydrogen (secondary N) is 1. The molecule has 1 amide bonds. The minimum Gasteiger partial charge on any atom is -0.493 e. The van der Waals surface area contributed by atoms with E-state index in [1.807, 2.05) is 51.2 Å². The van der Waals surface area contributed by atoms with Crippen LogP contribution in [0.1, 0.15) is 61.1 Å². The summed E-state index contributed by atoms with van der Waals surface area (Å²) in [5, 5.41) is 2.89. The summed E-state index contributed by atoms with van der Waals surface area (Å²) in [7, 11) is 3.52. The van der Waals surface area contributed by atoms with Crippen LogP contribution in [0.2, 0.25) is 0 Å². The zero-order chi connectivity index (χ0) is 27.8. The van der Waals surface area contributed by atoms with Gasteiger partial charge in [0.25, 0.3) is 5.91 Å². The van der Waals surface area contributed by atoms with E-state index >= 15 is 0 Å². The Bertz CT molecular complexity index is 1400. The number of allylic oxidation sites excluding steroid dienone is 4. The van der Waals surface area contributed by atoms with Gasteiger partial charge in [0.2, 0.25) is 0 Å². The normalized spacial score (nSPS) is 17.7. The fraction of sp³-hybridized carbons (Fsp3) is 0.387. The third-order valence-corrected chi connectivity index (χ3v) is 8.42. The number of ether oxygens (including phenoxy) is 2. The van der Waals surface area contributed by atoms with Crippen LogP contribution in [0, 0.1) is 13.8 Å². The number of carbonyl (C=O) groups is 3. The second-order valence-corrected chi connectivity index (χ2v) is 11.3. The van der Waals surface area contributed by atoms with Crippen molar-refractivity contribution in [3.05, 3.63) is 74.0 Å². The topological polar surface area (TPSA) is 84.9 Å². The molecule has 2 aliphatic carbocycles. The van der Waals surface area contributed by atoms with Crippen molar-refractivity contribution in [2.45, 2.75) is 58.3 Å². The van der Waals surface area contributed by atoms with Gasteiger partial charge in [0.05, 0.1) is 11.6 Å². The average molecular weight is 594 g/mol. The zero-order valence-corrected chi connectivity index (χ0v) is 24.4. The largest absolute Gasteiger partial charge is 0.493 e. The summed E-state index contributed by atoms with van der Waals surface area (Å²) in [6.07, 6.45) is 4.22. The molecule has 0 bridgehead atoms. The molecule has 1 aliphatic heterocycles. The van der Waals surface area contributed by atoms with Crippen molar-refractivity contribution in [2.75, 3.05) is 26.1 Å². The molecule has 0 aromatic heterocycles. The average Bonchev–Trinajstić information content (AvgIpc) is 2.90. The number of ketones is 2. The van der Waals surface area contributed by atoms with Gasteiger partial charge in [0, 0.05) is 54.0 Å². The van der Waals surface area contributed by atoms with Crippen LogP contribution in [-0.4, -0.2) is 43.1 Å². The first-order chi connectivity index (χ1) is 18.7. The predicted octanol–water partition coefficient (Wildman–Crippen LogP) is 6.14. The molecule has 5 rings (SSSR count). The first-order valence-electron chi connectivity index (χ1n) is 13.3. The van der Waals surface area contributed by atoms with Crippen LogP contribution < -0.4 is 14.8 Å². The Labute approximate surface area is 237 Å². The van der Waals surface area contributed by atoms with Gasteiger partial charge >= 0.3 is 0 Å². The number of hydrogen-bond donors (Lipinski definition) is 1. The highest BCUT2D eigenvalue weighted by atomic mass is 79.9. The van der Waals surface area contributed by atoms with Crippen LogP contribution in [0.5, 0.6) is 11.5 Å². The fourth-order valence-electron chi connectivity index (χ4n) is 6.01. The Morgan fingerprint density at radius 2 is 1.64 bits per heavy atom. The molecule has 8 heteroatoms. The maximum atomic E-state index is 13.3. The zero-order valence-electron chi connectivity index (χ0n) is 22.8. The Morgan fingerprint density at radius 3 is 2.23 bits per heavy atom. The number of benzene rings is 2. The van der Waals surface area contributed by atoms with Crippen molar-refractivity contribution < 1.29 is 23.9 Å². The molecule has 1 heterocycles. The van der Waals surface area contributed by atoms with Crippen molar-refractivity contribution in [1.29, 1.82) is 0 Å². The van der Waals surface area contributed by atoms with Gasteiger partial charge in [-0.25, -0.2) is 0 Å². The summed E-state index contributed by atoms with van der Waals surface area (Å²) in [6, 6.07) is 9.54. The van der Waals surface area contributed by atoms with E-state index in [9.17, 15) is 14.4 Å². The van der Waals surface area contributed by atoms with Gasteiger partial charge in [0.15, 0.2) is 29.7 Å². The van der Waals surface area contributed by atoms with E-state index in [0.29, 0.717) is 40.0 Å². The molecular weight excluding hydrogens is 560 g/mol. The monoisotopic (exact) mass is 592 g/mol. The third kappa shape index (κ3) is 5.14. The molecule has 7 nitrogen and oxygen atoms in total. The van der Waals surface area contributed by atoms with Crippen molar-refractivity contribution in [3.63, 3.8) is 0 Å². The number of hydrogen-bond acceptors (Lipinski definition) is 6. The predicted molar refractivity (Wildman–Crippen MR) is 153 cm³/mol. The van der Waals surface area contributed by atoms with Crippen molar-refractivity contribution >= 4 is 39.1 Å². The molecule has 0 spiro atoms. The van der Waals surface area contributed by atoms with Gasteiger partial charge < -0.3 is 19.7 Å². The van der Waals surface area contributed by atoms with Crippen molar-refractivity contribution in [3.8, 4) is 11.5 Å². The highest BCUT2D eigenvalue weighted by molar-refractivity contribution is 9.10. The number of rotatable bonds is 6. The first kappa shape index (κ1) is 27.2. The maximum Gasteiger partial charge on any atom is 0.262 e. The lowest BCUT2D eigenvalue weighted by atomic mass is 9.71. The van der Waals surface area contributed by atoms with Crippen LogP contribution in [-0.2, 0) is 14.4 Å². The number of amides is 1. The highest BCUT2D eigenvalue weighted by Gasteiger charge is 2.42. The standard InChI is InChI=1S/C31H33BrN2O5/c1-17-11-12-21(18(2)13-17)33-27(37)16-39-31-20(32)14-19(15-26(31)38-4)28-29-22(7-5-9-24(29)35)34(3)23-8-6-10-25(36)30(23)28/h11-15,28H,5-10,16H2,1-4H3,(H,33,37). The van der Waals surface area contributed by atoms with E-state index in [1.54, 1.807) is 0 Å². The molecule has 0 unspecified atom stereocenters. The van der Waals surface area contributed by atoms with Gasteiger partial charge in [-0.05, 0) is 84.8 Å². The van der Waals surface area contributed by atoms with E-state index in [2.05, 4.69) is 26.1 Å². The molecule has 2 aromatic rings. The number of methoxy groups -OCH3 is 1. The number of aryl methyl sites for hydroxylation is 2. The smallest absolute Gasteiger partial charge is 0.262 e. The van der Waals surface area contributed by atoms with Gasteiger partial charge in [-0.1, -0.05) is 17.7 Å². The number of Topliss-reactive ketones (excluding diaryl/α,β-unsaturated/α-hetero) is 2. The fourth-order valence-corrected chi connectivity index (χ4v) is 6.58. The Morgan fingerprint density at radius 1 is 1.00 bits per heavy atom. The first-order valence-corrected chi connectivity index (χ1v) is 14.1. The Balaban J connectivity index is 1.47. The van der Waals surface area contributed by atoms with Crippen LogP contribution >= 0.6 is 15.9 Å². The molecule has 204 valence electrons. The van der Waals surface area contributed by atoms with E-state index < -0.39 is 5.92 Å². The second-order valence-electron chi connectivity index (χ2n) is 10.5. The molecule has 39 heavy (non-hydrogen) atoms. The van der Waals surface area contributed by atoms with E-state index in [0.717, 1.165) is 59.5 Å². The molecule has 3 aliphatic rings. The van der Waals surface area contributed by atoms with Crippen LogP contribution in [0.25, 0.3) is 0 Å². The van der Waals surface area contributed by atoms with Crippen molar-refractivity contribution in [2.24, 2.45) is 0 Å². The molecule has 2 aromatic carbocycles. The van der Waals surface area contributed by atoms with E-state index in [-0.39, 0.29) is 24.1 Å². The summed E-state index contributed by atoms with van der Waals surface area (Å²) in [5.74, 6) is 0.263. The number of carbonyl (C=O) groups excluding carboxylic acids is 3. The highest BCUT2D eigenvalue weighted by Crippen LogP contribution is 2.50. The molecule has 0 radical (unpaired) electrons. The van der Waals surface area contributed by atoms with Crippen LogP contribution in [0.4, 0.5) is 5.69 Å². The van der Waals surface area contributed by atoms with Gasteiger partial charge in [0.1, 0.15) is 0 Å². The van der Waals surface area contributed by atoms with Gasteiger partial charge in [-0.15, -0.1) is 0 Å². The molecule has 0 saturated carbocycles. The lowest BCUT2D eigenvalue weighted by Crippen LogP contribution is -2.37. The van der Waals surface area contributed by atoms with Crippen LogP contribution in [0.3, 0.4) is 0 Å². The van der Waals surface area contributed by atoms with E-state index in [1.165, 1.54) is 7.11 Å². The SMILES string of the molecule is COc1cc(C2C3=C(CCCC3=O)N(C)C3=C2C(=O)CCC3)cc(Br)c1OCC(=O)Nc1ccc(C)cc1C. The minimum atomic E-state index is -0.445. The quantitative estimate of drug-likeness (QED) is 0.434. The minimum absolute atomic E-state index is 0.0940. The lowest BCUT2D eigenvalue weighted by molar-refractivity contribution is -0.118. The van der Waals surface area contributed by atoms with Crippen molar-refractivity contribution in [1.82, 2.24) is 4.90 Å². The third-order valence-electron chi connectivity index (χ3n) is 7.83. The maximum absolute atomic E-state index is 13.3. The molecular formula is C31H33BrN2O5. The number of anilines is 1. The summed E-state index contributed by atoms with van der Waals surface area (Å²) >= 11 is 3.61. The van der Waals surface area contributed by atoms with Gasteiger partial charge in [-0.3, -0.25) is 14.4 Å². The summed E-state index contributed by atoms with van der Waals surface area (Å²) < 4.78 is 12.2. The van der Waals surface area contributed by atoms with Gasteiger partial charge in [-0.2, -0.15) is 0 Å². The Kier molecular flexibility index (Phi) is 7.67.